The first-order chi connectivity index (χ1) is 8.86. The SMILES string of the molecule is C#CC(C#C)=C(c1ccccc1)c1ccccc1. The summed E-state index contributed by atoms with van der Waals surface area (Å²) in [4.78, 5) is 0. The van der Waals surface area contributed by atoms with Crippen LogP contribution in [0.4, 0.5) is 0 Å². The number of allylic oxidation sites excluding steroid dienone is 1. The van der Waals surface area contributed by atoms with Crippen molar-refractivity contribution in [2.24, 2.45) is 0 Å². The van der Waals surface area contributed by atoms with Crippen LogP contribution in [0.3, 0.4) is 0 Å². The lowest BCUT2D eigenvalue weighted by Crippen LogP contribution is -1.91. The minimum Gasteiger partial charge on any atom is -0.114 e. The Morgan fingerprint density at radius 2 is 1.06 bits per heavy atom. The molecule has 0 fully saturated rings. The highest BCUT2D eigenvalue weighted by molar-refractivity contribution is 5.87. The first-order valence-electron chi connectivity index (χ1n) is 5.65. The molecule has 0 aliphatic carbocycles. The quantitative estimate of drug-likeness (QED) is 0.687. The third kappa shape index (κ3) is 2.34. The van der Waals surface area contributed by atoms with E-state index in [0.29, 0.717) is 5.57 Å². The molecule has 2 aromatic rings. The number of hydrogen-bond donors (Lipinski definition) is 0. The fourth-order valence-corrected chi connectivity index (χ4v) is 1.85. The average molecular weight is 228 g/mol. The molecule has 2 aromatic carbocycles. The Labute approximate surface area is 108 Å². The first kappa shape index (κ1) is 11.8. The molecule has 0 aliphatic heterocycles. The molecule has 84 valence electrons. The van der Waals surface area contributed by atoms with Crippen molar-refractivity contribution in [3.63, 3.8) is 0 Å². The summed E-state index contributed by atoms with van der Waals surface area (Å²) in [6.45, 7) is 0. The lowest BCUT2D eigenvalue weighted by molar-refractivity contribution is 1.53. The smallest absolute Gasteiger partial charge is 0.0822 e. The normalized spacial score (nSPS) is 9.00. The zero-order chi connectivity index (χ0) is 12.8. The molecule has 0 heterocycles. The molecule has 0 heteroatoms. The third-order valence-corrected chi connectivity index (χ3v) is 2.66. The van der Waals surface area contributed by atoms with Gasteiger partial charge in [0.2, 0.25) is 0 Å². The summed E-state index contributed by atoms with van der Waals surface area (Å²) < 4.78 is 0. The van der Waals surface area contributed by atoms with Crippen LogP contribution in [-0.4, -0.2) is 0 Å². The van der Waals surface area contributed by atoms with Crippen molar-refractivity contribution in [1.82, 2.24) is 0 Å². The molecule has 2 rings (SSSR count). The molecule has 0 aliphatic rings. The van der Waals surface area contributed by atoms with Gasteiger partial charge in [-0.15, -0.1) is 12.8 Å². The molecule has 0 spiro atoms. The predicted octanol–water partition coefficient (Wildman–Crippen LogP) is 3.75. The first-order valence-corrected chi connectivity index (χ1v) is 5.65. The van der Waals surface area contributed by atoms with E-state index in [1.54, 1.807) is 0 Å². The van der Waals surface area contributed by atoms with Gasteiger partial charge in [0.05, 0.1) is 5.57 Å². The maximum atomic E-state index is 5.51. The van der Waals surface area contributed by atoms with Gasteiger partial charge in [0.25, 0.3) is 0 Å². The predicted molar refractivity (Wildman–Crippen MR) is 76.6 cm³/mol. The molecule has 0 atom stereocenters. The molecular weight excluding hydrogens is 216 g/mol. The van der Waals surface area contributed by atoms with Crippen LogP contribution in [0.2, 0.25) is 0 Å². The van der Waals surface area contributed by atoms with Gasteiger partial charge in [-0.2, -0.15) is 0 Å². The van der Waals surface area contributed by atoms with E-state index in [9.17, 15) is 0 Å². The maximum Gasteiger partial charge on any atom is 0.0822 e. The Bertz CT molecular complexity index is 574. The lowest BCUT2D eigenvalue weighted by atomic mass is 9.93. The second kappa shape index (κ2) is 5.58. The standard InChI is InChI=1S/C18H12/c1-3-15(4-2)18(16-11-7-5-8-12-16)17-13-9-6-10-14-17/h1-2,5-14H. The van der Waals surface area contributed by atoms with Crippen molar-refractivity contribution in [3.05, 3.63) is 77.4 Å². The van der Waals surface area contributed by atoms with Gasteiger partial charge in [-0.3, -0.25) is 0 Å². The topological polar surface area (TPSA) is 0 Å². The van der Waals surface area contributed by atoms with E-state index in [0.717, 1.165) is 16.7 Å². The minimum atomic E-state index is 0.576. The van der Waals surface area contributed by atoms with E-state index < -0.39 is 0 Å². The number of rotatable bonds is 2. The van der Waals surface area contributed by atoms with E-state index in [-0.39, 0.29) is 0 Å². The summed E-state index contributed by atoms with van der Waals surface area (Å²) in [6.07, 6.45) is 11.0. The van der Waals surface area contributed by atoms with Gasteiger partial charge >= 0.3 is 0 Å². The zero-order valence-corrected chi connectivity index (χ0v) is 9.93. The van der Waals surface area contributed by atoms with Crippen molar-refractivity contribution in [2.75, 3.05) is 0 Å². The summed E-state index contributed by atoms with van der Waals surface area (Å²) in [7, 11) is 0. The van der Waals surface area contributed by atoms with E-state index in [4.69, 9.17) is 12.8 Å². The Balaban J connectivity index is 2.69. The van der Waals surface area contributed by atoms with Gasteiger partial charge in [-0.05, 0) is 11.1 Å². The highest BCUT2D eigenvalue weighted by Crippen LogP contribution is 2.26. The van der Waals surface area contributed by atoms with Crippen molar-refractivity contribution in [2.45, 2.75) is 0 Å². The minimum absolute atomic E-state index is 0.576. The van der Waals surface area contributed by atoms with Gasteiger partial charge in [0, 0.05) is 5.57 Å². The summed E-state index contributed by atoms with van der Waals surface area (Å²) in [5.41, 5.74) is 3.58. The van der Waals surface area contributed by atoms with Crippen LogP contribution < -0.4 is 0 Å². The van der Waals surface area contributed by atoms with Crippen LogP contribution in [-0.2, 0) is 0 Å². The van der Waals surface area contributed by atoms with E-state index >= 15 is 0 Å². The summed E-state index contributed by atoms with van der Waals surface area (Å²) >= 11 is 0. The van der Waals surface area contributed by atoms with Gasteiger partial charge in [0.15, 0.2) is 0 Å². The van der Waals surface area contributed by atoms with Gasteiger partial charge in [-0.1, -0.05) is 72.5 Å². The van der Waals surface area contributed by atoms with Crippen molar-refractivity contribution < 1.29 is 0 Å². The van der Waals surface area contributed by atoms with Crippen LogP contribution in [0.15, 0.2) is 66.2 Å². The molecule has 0 unspecified atom stereocenters. The molecular formula is C18H12. The third-order valence-electron chi connectivity index (χ3n) is 2.66. The summed E-state index contributed by atoms with van der Waals surface area (Å²) in [5.74, 6) is 5.18. The molecule has 0 nitrogen and oxygen atoms in total. The Morgan fingerprint density at radius 1 is 0.667 bits per heavy atom. The highest BCUT2D eigenvalue weighted by Gasteiger charge is 2.08. The molecule has 0 saturated carbocycles. The number of terminal acetylenes is 2. The van der Waals surface area contributed by atoms with Gasteiger partial charge in [0.1, 0.15) is 0 Å². The molecule has 0 saturated heterocycles. The van der Waals surface area contributed by atoms with E-state index in [1.165, 1.54) is 0 Å². The van der Waals surface area contributed by atoms with Gasteiger partial charge in [-0.25, -0.2) is 0 Å². The fourth-order valence-electron chi connectivity index (χ4n) is 1.85. The van der Waals surface area contributed by atoms with Crippen molar-refractivity contribution >= 4 is 5.57 Å². The van der Waals surface area contributed by atoms with E-state index in [1.807, 2.05) is 60.7 Å². The molecule has 18 heavy (non-hydrogen) atoms. The molecule has 0 radical (unpaired) electrons. The fraction of sp³-hybridized carbons (Fsp3) is 0. The average Bonchev–Trinajstić information content (AvgIpc) is 2.46. The van der Waals surface area contributed by atoms with Gasteiger partial charge < -0.3 is 0 Å². The monoisotopic (exact) mass is 228 g/mol. The molecule has 0 aromatic heterocycles. The van der Waals surface area contributed by atoms with Crippen LogP contribution in [0.25, 0.3) is 5.57 Å². The Kier molecular flexibility index (Phi) is 3.65. The van der Waals surface area contributed by atoms with E-state index in [2.05, 4.69) is 11.8 Å². The summed E-state index contributed by atoms with van der Waals surface area (Å²) in [5, 5.41) is 0. The lowest BCUT2D eigenvalue weighted by Gasteiger charge is -2.09. The highest BCUT2D eigenvalue weighted by atomic mass is 14.1. The molecule has 0 amide bonds. The van der Waals surface area contributed by atoms with Crippen LogP contribution in [0.1, 0.15) is 11.1 Å². The summed E-state index contributed by atoms with van der Waals surface area (Å²) in [6, 6.07) is 19.9. The maximum absolute atomic E-state index is 5.51. The van der Waals surface area contributed by atoms with Crippen LogP contribution >= 0.6 is 0 Å². The Morgan fingerprint density at radius 3 is 1.39 bits per heavy atom. The number of benzene rings is 2. The largest absolute Gasteiger partial charge is 0.114 e. The second-order valence-corrected chi connectivity index (χ2v) is 3.77. The number of hydrogen-bond acceptors (Lipinski definition) is 0. The Hall–Kier alpha value is -2.70. The van der Waals surface area contributed by atoms with Crippen LogP contribution in [0, 0.1) is 24.7 Å². The van der Waals surface area contributed by atoms with Crippen molar-refractivity contribution in [1.29, 1.82) is 0 Å². The molecule has 0 N–H and O–H groups in total. The zero-order valence-electron chi connectivity index (χ0n) is 9.93. The second-order valence-electron chi connectivity index (χ2n) is 3.77. The van der Waals surface area contributed by atoms with Crippen molar-refractivity contribution in [3.8, 4) is 24.7 Å². The van der Waals surface area contributed by atoms with Crippen LogP contribution in [0.5, 0.6) is 0 Å². The molecule has 0 bridgehead atoms.